The predicted molar refractivity (Wildman–Crippen MR) is 62.4 cm³/mol. The lowest BCUT2D eigenvalue weighted by molar-refractivity contribution is -0.144. The van der Waals surface area contributed by atoms with Gasteiger partial charge in [0.15, 0.2) is 5.38 Å². The molecule has 0 saturated heterocycles. The number of hydrogen-bond donors (Lipinski definition) is 1. The summed E-state index contributed by atoms with van der Waals surface area (Å²) in [6, 6.07) is 9.38. The summed E-state index contributed by atoms with van der Waals surface area (Å²) < 4.78 is 4.73. The van der Waals surface area contributed by atoms with E-state index in [0.29, 0.717) is 6.42 Å². The van der Waals surface area contributed by atoms with E-state index in [1.54, 1.807) is 6.92 Å². The molecular weight excluding hydrogens is 228 g/mol. The molecule has 1 N–H and O–H groups in total. The zero-order valence-electron chi connectivity index (χ0n) is 9.10. The first-order valence-electron chi connectivity index (χ1n) is 5.17. The number of carbonyl (C=O) groups excluding carboxylic acids is 1. The molecule has 88 valence electrons. The molecule has 0 aliphatic carbocycles. The van der Waals surface area contributed by atoms with Crippen molar-refractivity contribution in [2.24, 2.45) is 0 Å². The molecule has 0 fully saturated rings. The van der Waals surface area contributed by atoms with Crippen molar-refractivity contribution in [3.05, 3.63) is 35.9 Å². The average Bonchev–Trinajstić information content (AvgIpc) is 2.29. The van der Waals surface area contributed by atoms with Crippen LogP contribution in [-0.4, -0.2) is 29.2 Å². The highest BCUT2D eigenvalue weighted by atomic mass is 35.5. The summed E-state index contributed by atoms with van der Waals surface area (Å²) in [7, 11) is 0. The van der Waals surface area contributed by atoms with Gasteiger partial charge in [-0.25, -0.2) is 0 Å². The number of hydrogen-bond acceptors (Lipinski definition) is 3. The predicted octanol–water partition coefficient (Wildman–Crippen LogP) is 1.76. The highest BCUT2D eigenvalue weighted by Crippen LogP contribution is 2.11. The van der Waals surface area contributed by atoms with Crippen molar-refractivity contribution in [2.45, 2.75) is 24.8 Å². The van der Waals surface area contributed by atoms with Crippen LogP contribution in [0.15, 0.2) is 30.3 Å². The van der Waals surface area contributed by atoms with Crippen molar-refractivity contribution in [3.63, 3.8) is 0 Å². The molecule has 1 aromatic carbocycles. The molecule has 0 radical (unpaired) electrons. The van der Waals surface area contributed by atoms with Crippen molar-refractivity contribution in [1.29, 1.82) is 0 Å². The number of carbonyl (C=O) groups is 1. The van der Waals surface area contributed by atoms with Crippen molar-refractivity contribution < 1.29 is 14.6 Å². The van der Waals surface area contributed by atoms with Crippen LogP contribution in [0.4, 0.5) is 0 Å². The van der Waals surface area contributed by atoms with E-state index in [1.807, 2.05) is 30.3 Å². The number of rotatable bonds is 5. The summed E-state index contributed by atoms with van der Waals surface area (Å²) >= 11 is 5.79. The number of aliphatic hydroxyl groups is 1. The molecular formula is C12H15ClO3. The standard InChI is InChI=1S/C12H15ClO3/c1-2-16-12(15)11(13)10(14)8-9-6-4-3-5-7-9/h3-7,10-11,14H,2,8H2,1H3/t10-,11+/m0/s1. The van der Waals surface area contributed by atoms with Gasteiger partial charge in [-0.3, -0.25) is 4.79 Å². The fraction of sp³-hybridized carbons (Fsp3) is 0.417. The molecule has 0 saturated carbocycles. The molecule has 4 heteroatoms. The number of esters is 1. The van der Waals surface area contributed by atoms with Crippen molar-refractivity contribution in [1.82, 2.24) is 0 Å². The van der Waals surface area contributed by atoms with Crippen LogP contribution in [0.25, 0.3) is 0 Å². The Hall–Kier alpha value is -1.06. The van der Waals surface area contributed by atoms with Gasteiger partial charge in [0.05, 0.1) is 12.7 Å². The topological polar surface area (TPSA) is 46.5 Å². The zero-order valence-corrected chi connectivity index (χ0v) is 9.85. The van der Waals surface area contributed by atoms with E-state index < -0.39 is 17.5 Å². The first-order valence-corrected chi connectivity index (χ1v) is 5.61. The van der Waals surface area contributed by atoms with Crippen molar-refractivity contribution in [3.8, 4) is 0 Å². The molecule has 2 atom stereocenters. The summed E-state index contributed by atoms with van der Waals surface area (Å²) in [5, 5.41) is 8.72. The van der Waals surface area contributed by atoms with Crippen LogP contribution in [0.3, 0.4) is 0 Å². The Morgan fingerprint density at radius 1 is 1.44 bits per heavy atom. The van der Waals surface area contributed by atoms with E-state index in [1.165, 1.54) is 0 Å². The molecule has 0 aromatic heterocycles. The van der Waals surface area contributed by atoms with E-state index in [9.17, 15) is 9.90 Å². The Morgan fingerprint density at radius 2 is 2.06 bits per heavy atom. The molecule has 16 heavy (non-hydrogen) atoms. The minimum Gasteiger partial charge on any atom is -0.465 e. The van der Waals surface area contributed by atoms with Gasteiger partial charge in [-0.15, -0.1) is 11.6 Å². The third kappa shape index (κ3) is 3.83. The minimum absolute atomic E-state index is 0.264. The van der Waals surface area contributed by atoms with Gasteiger partial charge in [0.2, 0.25) is 0 Å². The van der Waals surface area contributed by atoms with Crippen LogP contribution < -0.4 is 0 Å². The summed E-state index contributed by atoms with van der Waals surface area (Å²) in [4.78, 5) is 11.3. The van der Waals surface area contributed by atoms with Gasteiger partial charge in [0.25, 0.3) is 0 Å². The SMILES string of the molecule is CCOC(=O)[C@H](Cl)[C@@H](O)Cc1ccccc1. The van der Waals surface area contributed by atoms with Gasteiger partial charge in [0.1, 0.15) is 0 Å². The highest BCUT2D eigenvalue weighted by molar-refractivity contribution is 6.30. The molecule has 3 nitrogen and oxygen atoms in total. The smallest absolute Gasteiger partial charge is 0.326 e. The summed E-state index contributed by atoms with van der Waals surface area (Å²) in [5.74, 6) is -0.576. The molecule has 0 bridgehead atoms. The molecule has 0 aliphatic heterocycles. The Balaban J connectivity index is 2.52. The first kappa shape index (κ1) is 13.0. The number of ether oxygens (including phenoxy) is 1. The minimum atomic E-state index is -1.01. The van der Waals surface area contributed by atoms with E-state index in [-0.39, 0.29) is 6.61 Å². The number of benzene rings is 1. The Labute approximate surface area is 100.0 Å². The first-order chi connectivity index (χ1) is 7.65. The van der Waals surface area contributed by atoms with E-state index in [4.69, 9.17) is 16.3 Å². The van der Waals surface area contributed by atoms with Crippen molar-refractivity contribution in [2.75, 3.05) is 6.61 Å². The summed E-state index contributed by atoms with van der Waals surface area (Å²) in [6.45, 7) is 1.96. The number of halogens is 1. The Morgan fingerprint density at radius 3 is 2.62 bits per heavy atom. The molecule has 0 aliphatic rings. The van der Waals surface area contributed by atoms with Crippen LogP contribution in [0.5, 0.6) is 0 Å². The lowest BCUT2D eigenvalue weighted by Gasteiger charge is -2.15. The van der Waals surface area contributed by atoms with E-state index >= 15 is 0 Å². The van der Waals surface area contributed by atoms with Crippen LogP contribution in [0.1, 0.15) is 12.5 Å². The molecule has 0 unspecified atom stereocenters. The monoisotopic (exact) mass is 242 g/mol. The van der Waals surface area contributed by atoms with Gasteiger partial charge in [-0.1, -0.05) is 30.3 Å². The third-order valence-electron chi connectivity index (χ3n) is 2.14. The second-order valence-corrected chi connectivity index (χ2v) is 3.88. The quantitative estimate of drug-likeness (QED) is 0.632. The number of alkyl halides is 1. The zero-order chi connectivity index (χ0) is 12.0. The number of aliphatic hydroxyl groups excluding tert-OH is 1. The maximum absolute atomic E-state index is 11.3. The van der Waals surface area contributed by atoms with Crippen molar-refractivity contribution >= 4 is 17.6 Å². The van der Waals surface area contributed by atoms with Crippen LogP contribution >= 0.6 is 11.6 Å². The molecule has 0 heterocycles. The van der Waals surface area contributed by atoms with Crippen LogP contribution in [-0.2, 0) is 16.0 Å². The molecule has 1 aromatic rings. The van der Waals surface area contributed by atoms with E-state index in [0.717, 1.165) is 5.56 Å². The van der Waals surface area contributed by atoms with Gasteiger partial charge >= 0.3 is 5.97 Å². The fourth-order valence-corrected chi connectivity index (χ4v) is 1.49. The largest absolute Gasteiger partial charge is 0.465 e. The lowest BCUT2D eigenvalue weighted by atomic mass is 10.1. The Kier molecular flexibility index (Phi) is 5.29. The third-order valence-corrected chi connectivity index (χ3v) is 2.61. The second-order valence-electron chi connectivity index (χ2n) is 3.41. The summed E-state index contributed by atoms with van der Waals surface area (Å²) in [6.07, 6.45) is -0.587. The second kappa shape index (κ2) is 6.51. The van der Waals surface area contributed by atoms with Crippen LogP contribution in [0, 0.1) is 0 Å². The molecule has 1 rings (SSSR count). The normalized spacial score (nSPS) is 14.2. The van der Waals surface area contributed by atoms with Crippen LogP contribution in [0.2, 0.25) is 0 Å². The fourth-order valence-electron chi connectivity index (χ4n) is 1.34. The average molecular weight is 243 g/mol. The van der Waals surface area contributed by atoms with Gasteiger partial charge in [-0.2, -0.15) is 0 Å². The van der Waals surface area contributed by atoms with Gasteiger partial charge in [-0.05, 0) is 12.5 Å². The summed E-state index contributed by atoms with van der Waals surface area (Å²) in [5.41, 5.74) is 0.935. The maximum atomic E-state index is 11.3. The Bertz CT molecular complexity index is 326. The maximum Gasteiger partial charge on any atom is 0.326 e. The molecule has 0 spiro atoms. The van der Waals surface area contributed by atoms with Gasteiger partial charge in [0, 0.05) is 6.42 Å². The lowest BCUT2D eigenvalue weighted by Crippen LogP contribution is -2.32. The van der Waals surface area contributed by atoms with Gasteiger partial charge < -0.3 is 9.84 Å². The molecule has 0 amide bonds. The van der Waals surface area contributed by atoms with E-state index in [2.05, 4.69) is 0 Å². The highest BCUT2D eigenvalue weighted by Gasteiger charge is 2.25.